The van der Waals surface area contributed by atoms with E-state index in [-0.39, 0.29) is 17.9 Å². The number of nitrogens with zero attached hydrogens (tertiary/aromatic N) is 2. The molecule has 2 aliphatic rings. The first-order chi connectivity index (χ1) is 12.2. The fourth-order valence-corrected chi connectivity index (χ4v) is 3.94. The number of benzene rings is 1. The van der Waals surface area contributed by atoms with E-state index in [0.29, 0.717) is 12.3 Å². The third-order valence-corrected chi connectivity index (χ3v) is 5.38. The van der Waals surface area contributed by atoms with Crippen LogP contribution in [0.1, 0.15) is 37.9 Å². The predicted molar refractivity (Wildman–Crippen MR) is 94.9 cm³/mol. The van der Waals surface area contributed by atoms with Crippen molar-refractivity contribution >= 4 is 22.8 Å². The first-order valence-corrected chi connectivity index (χ1v) is 9.21. The van der Waals surface area contributed by atoms with Crippen LogP contribution >= 0.6 is 0 Å². The smallest absolute Gasteiger partial charge is 0.245 e. The maximum Gasteiger partial charge on any atom is 0.245 e. The molecule has 1 atom stereocenters. The monoisotopic (exact) mass is 340 g/mol. The van der Waals surface area contributed by atoms with Gasteiger partial charge in [-0.2, -0.15) is 0 Å². The number of hydrogen-bond acceptors (Lipinski definition) is 3. The number of nitrogens with one attached hydrogen (secondary N) is 2. The van der Waals surface area contributed by atoms with Gasteiger partial charge in [0.05, 0.1) is 11.0 Å². The molecule has 2 aromatic rings. The minimum Gasteiger partial charge on any atom is -0.344 e. The average molecular weight is 340 g/mol. The summed E-state index contributed by atoms with van der Waals surface area (Å²) < 4.78 is 0. The molecule has 2 amide bonds. The molecule has 4 rings (SSSR count). The normalized spacial score (nSPS) is 22.2. The highest BCUT2D eigenvalue weighted by Gasteiger charge is 2.31. The number of likely N-dealkylation sites (tertiary alicyclic amines) is 1. The van der Waals surface area contributed by atoms with Gasteiger partial charge in [0.1, 0.15) is 11.9 Å². The predicted octanol–water partition coefficient (Wildman–Crippen LogP) is 2.01. The summed E-state index contributed by atoms with van der Waals surface area (Å²) in [6.07, 6.45) is 5.03. The van der Waals surface area contributed by atoms with Crippen molar-refractivity contribution in [1.29, 1.82) is 0 Å². The molecule has 2 aliphatic heterocycles. The van der Waals surface area contributed by atoms with Crippen LogP contribution in [0.5, 0.6) is 0 Å². The van der Waals surface area contributed by atoms with Crippen molar-refractivity contribution in [2.24, 2.45) is 5.92 Å². The summed E-state index contributed by atoms with van der Waals surface area (Å²) >= 11 is 0. The van der Waals surface area contributed by atoms with Gasteiger partial charge in [-0.3, -0.25) is 9.59 Å². The maximum absolute atomic E-state index is 12.6. The van der Waals surface area contributed by atoms with Gasteiger partial charge in [-0.1, -0.05) is 12.1 Å². The number of carbonyl (C=O) groups excluding carboxylic acids is 2. The van der Waals surface area contributed by atoms with E-state index in [0.717, 1.165) is 62.1 Å². The lowest BCUT2D eigenvalue weighted by molar-refractivity contribution is -0.139. The molecule has 2 N–H and O–H groups in total. The number of imidazole rings is 1. The zero-order valence-electron chi connectivity index (χ0n) is 14.3. The molecular formula is C19H24N4O2. The number of carbonyl (C=O) groups is 2. The van der Waals surface area contributed by atoms with Crippen LogP contribution in [0, 0.1) is 5.92 Å². The summed E-state index contributed by atoms with van der Waals surface area (Å²) in [7, 11) is 0. The van der Waals surface area contributed by atoms with Gasteiger partial charge in [0, 0.05) is 25.9 Å². The third-order valence-electron chi connectivity index (χ3n) is 5.38. The topological polar surface area (TPSA) is 78.1 Å². The van der Waals surface area contributed by atoms with Crippen LogP contribution in [0.4, 0.5) is 0 Å². The van der Waals surface area contributed by atoms with E-state index in [9.17, 15) is 9.59 Å². The number of hydrogen-bond donors (Lipinski definition) is 2. The van der Waals surface area contributed by atoms with E-state index in [4.69, 9.17) is 0 Å². The van der Waals surface area contributed by atoms with Crippen LogP contribution in [0.3, 0.4) is 0 Å². The van der Waals surface area contributed by atoms with E-state index in [1.54, 1.807) is 0 Å². The Balaban J connectivity index is 1.32. The molecular weight excluding hydrogens is 316 g/mol. The first-order valence-electron chi connectivity index (χ1n) is 9.21. The van der Waals surface area contributed by atoms with E-state index in [1.165, 1.54) is 0 Å². The van der Waals surface area contributed by atoms with E-state index < -0.39 is 0 Å². The van der Waals surface area contributed by atoms with Gasteiger partial charge < -0.3 is 15.2 Å². The SMILES string of the molecule is O=C1CCCC(C(=O)N2CCC(Cc3nc4ccccc4[nH]3)CC2)N1. The van der Waals surface area contributed by atoms with E-state index in [1.807, 2.05) is 29.2 Å². The Kier molecular flexibility index (Phi) is 4.42. The van der Waals surface area contributed by atoms with Gasteiger partial charge in [-0.15, -0.1) is 0 Å². The molecule has 0 bridgehead atoms. The number of para-hydroxylation sites is 2. The van der Waals surface area contributed by atoms with Crippen molar-refractivity contribution in [2.45, 2.75) is 44.6 Å². The fraction of sp³-hybridized carbons (Fsp3) is 0.526. The Morgan fingerprint density at radius 1 is 1.20 bits per heavy atom. The molecule has 0 aliphatic carbocycles. The zero-order chi connectivity index (χ0) is 17.2. The highest BCUT2D eigenvalue weighted by atomic mass is 16.2. The van der Waals surface area contributed by atoms with Crippen LogP contribution in [0.2, 0.25) is 0 Å². The van der Waals surface area contributed by atoms with Crippen molar-refractivity contribution in [3.05, 3.63) is 30.1 Å². The Morgan fingerprint density at radius 2 is 2.00 bits per heavy atom. The summed E-state index contributed by atoms with van der Waals surface area (Å²) in [6.45, 7) is 1.55. The molecule has 6 heteroatoms. The Morgan fingerprint density at radius 3 is 2.76 bits per heavy atom. The summed E-state index contributed by atoms with van der Waals surface area (Å²) in [6, 6.07) is 7.77. The summed E-state index contributed by atoms with van der Waals surface area (Å²) in [4.78, 5) is 34.0. The molecule has 132 valence electrons. The number of amides is 2. The summed E-state index contributed by atoms with van der Waals surface area (Å²) in [5, 5.41) is 2.83. The van der Waals surface area contributed by atoms with E-state index in [2.05, 4.69) is 15.3 Å². The van der Waals surface area contributed by atoms with Crippen molar-refractivity contribution in [3.8, 4) is 0 Å². The second-order valence-electron chi connectivity index (χ2n) is 7.19. The Labute approximate surface area is 147 Å². The second kappa shape index (κ2) is 6.86. The number of rotatable bonds is 3. The van der Waals surface area contributed by atoms with Crippen LogP contribution < -0.4 is 5.32 Å². The number of aromatic nitrogens is 2. The van der Waals surface area contributed by atoms with Crippen molar-refractivity contribution in [3.63, 3.8) is 0 Å². The largest absolute Gasteiger partial charge is 0.344 e. The molecule has 1 unspecified atom stereocenters. The number of fused-ring (bicyclic) bond motifs is 1. The molecule has 3 heterocycles. The van der Waals surface area contributed by atoms with Gasteiger partial charge in [0.25, 0.3) is 0 Å². The van der Waals surface area contributed by atoms with Crippen LogP contribution in [0.15, 0.2) is 24.3 Å². The number of aromatic amines is 1. The van der Waals surface area contributed by atoms with Crippen molar-refractivity contribution in [2.75, 3.05) is 13.1 Å². The van der Waals surface area contributed by atoms with Crippen molar-refractivity contribution < 1.29 is 9.59 Å². The van der Waals surface area contributed by atoms with E-state index >= 15 is 0 Å². The summed E-state index contributed by atoms with van der Waals surface area (Å²) in [5.74, 6) is 1.68. The number of H-pyrrole nitrogens is 1. The highest BCUT2D eigenvalue weighted by Crippen LogP contribution is 2.23. The molecule has 0 spiro atoms. The quantitative estimate of drug-likeness (QED) is 0.897. The van der Waals surface area contributed by atoms with Gasteiger partial charge in [0.15, 0.2) is 0 Å². The maximum atomic E-state index is 12.6. The molecule has 6 nitrogen and oxygen atoms in total. The molecule has 0 radical (unpaired) electrons. The Hall–Kier alpha value is -2.37. The fourth-order valence-electron chi connectivity index (χ4n) is 3.94. The van der Waals surface area contributed by atoms with Crippen LogP contribution in [-0.2, 0) is 16.0 Å². The molecule has 2 fully saturated rings. The summed E-state index contributed by atoms with van der Waals surface area (Å²) in [5.41, 5.74) is 2.09. The van der Waals surface area contributed by atoms with Gasteiger partial charge in [-0.25, -0.2) is 4.98 Å². The van der Waals surface area contributed by atoms with Crippen LogP contribution in [0.25, 0.3) is 11.0 Å². The second-order valence-corrected chi connectivity index (χ2v) is 7.19. The molecule has 1 aromatic carbocycles. The van der Waals surface area contributed by atoms with Crippen LogP contribution in [-0.4, -0.2) is 45.8 Å². The average Bonchev–Trinajstić information content (AvgIpc) is 3.04. The lowest BCUT2D eigenvalue weighted by atomic mass is 9.92. The van der Waals surface area contributed by atoms with Gasteiger partial charge >= 0.3 is 0 Å². The molecule has 25 heavy (non-hydrogen) atoms. The first kappa shape index (κ1) is 16.1. The highest BCUT2D eigenvalue weighted by molar-refractivity contribution is 5.88. The Bertz CT molecular complexity index is 744. The minimum atomic E-state index is -0.312. The lowest BCUT2D eigenvalue weighted by Gasteiger charge is -2.35. The number of piperidine rings is 2. The molecule has 1 aromatic heterocycles. The minimum absolute atomic E-state index is 0.00405. The standard InChI is InChI=1S/C19H24N4O2/c24-18-7-3-6-16(22-18)19(25)23-10-8-13(9-11-23)12-17-20-14-4-1-2-5-15(14)21-17/h1-2,4-5,13,16H,3,6-12H2,(H,20,21)(H,22,24). The lowest BCUT2D eigenvalue weighted by Crippen LogP contribution is -2.52. The third kappa shape index (κ3) is 3.52. The molecule has 2 saturated heterocycles. The van der Waals surface area contributed by atoms with Crippen molar-refractivity contribution in [1.82, 2.24) is 20.2 Å². The van der Waals surface area contributed by atoms with Gasteiger partial charge in [0.2, 0.25) is 11.8 Å². The zero-order valence-corrected chi connectivity index (χ0v) is 14.3. The molecule has 0 saturated carbocycles. The van der Waals surface area contributed by atoms with Gasteiger partial charge in [-0.05, 0) is 43.7 Å².